The number of hydrogen-bond acceptors (Lipinski definition) is 3. The van der Waals surface area contributed by atoms with Crippen molar-refractivity contribution in [2.75, 3.05) is 6.67 Å². The lowest BCUT2D eigenvalue weighted by Gasteiger charge is -2.11. The van der Waals surface area contributed by atoms with Gasteiger partial charge in [0.05, 0.1) is 18.4 Å². The lowest BCUT2D eigenvalue weighted by Crippen LogP contribution is -2.17. The van der Waals surface area contributed by atoms with Gasteiger partial charge in [-0.3, -0.25) is 9.36 Å². The van der Waals surface area contributed by atoms with Gasteiger partial charge in [-0.2, -0.15) is 10.2 Å². The van der Waals surface area contributed by atoms with Crippen molar-refractivity contribution in [2.24, 2.45) is 0 Å². The van der Waals surface area contributed by atoms with E-state index in [4.69, 9.17) is 0 Å². The van der Waals surface area contributed by atoms with E-state index in [1.54, 1.807) is 10.9 Å². The van der Waals surface area contributed by atoms with Crippen LogP contribution in [0.5, 0.6) is 0 Å². The molecule has 0 atom stereocenters. The summed E-state index contributed by atoms with van der Waals surface area (Å²) in [5, 5.41) is 11.7. The molecule has 0 spiro atoms. The van der Waals surface area contributed by atoms with Gasteiger partial charge < -0.3 is 5.32 Å². The summed E-state index contributed by atoms with van der Waals surface area (Å²) in [4.78, 5) is 0. The lowest BCUT2D eigenvalue weighted by molar-refractivity contribution is 0.427. The molecule has 0 aliphatic rings. The minimum absolute atomic E-state index is 0. The Labute approximate surface area is 124 Å². The molecule has 0 aliphatic heterocycles. The van der Waals surface area contributed by atoms with E-state index in [0.717, 1.165) is 24.3 Å². The number of aromatic nitrogens is 4. The number of nitrogens with one attached hydrogen (secondary N) is 1. The normalized spacial score (nSPS) is 10.8. The highest BCUT2D eigenvalue weighted by Gasteiger charge is 2.05. The molecule has 0 saturated carbocycles. The van der Waals surface area contributed by atoms with Gasteiger partial charge in [0.2, 0.25) is 0 Å². The third-order valence-electron chi connectivity index (χ3n) is 2.88. The van der Waals surface area contributed by atoms with Crippen LogP contribution in [0.3, 0.4) is 0 Å². The maximum Gasteiger partial charge on any atom is 0.109 e. The molecule has 20 heavy (non-hydrogen) atoms. The maximum absolute atomic E-state index is 12.2. The monoisotopic (exact) mass is 301 g/mol. The van der Waals surface area contributed by atoms with Crippen molar-refractivity contribution in [1.29, 1.82) is 0 Å². The summed E-state index contributed by atoms with van der Waals surface area (Å²) in [6.45, 7) is 5.62. The fraction of sp³-hybridized carbons (Fsp3) is 0.538. The predicted molar refractivity (Wildman–Crippen MR) is 78.6 cm³/mol. The fourth-order valence-corrected chi connectivity index (χ4v) is 1.99. The lowest BCUT2D eigenvalue weighted by atomic mass is 10.3. The minimum Gasteiger partial charge on any atom is -0.307 e. The Bertz CT molecular complexity index is 508. The van der Waals surface area contributed by atoms with Gasteiger partial charge in [-0.05, 0) is 19.9 Å². The Kier molecular flexibility index (Phi) is 6.67. The Balaban J connectivity index is 0.00000200. The highest BCUT2D eigenvalue weighted by molar-refractivity contribution is 5.85. The zero-order valence-corrected chi connectivity index (χ0v) is 12.6. The van der Waals surface area contributed by atoms with Gasteiger partial charge in [-0.25, -0.2) is 4.39 Å². The van der Waals surface area contributed by atoms with Gasteiger partial charge in [0.1, 0.15) is 6.67 Å². The van der Waals surface area contributed by atoms with Crippen molar-refractivity contribution < 1.29 is 4.39 Å². The van der Waals surface area contributed by atoms with Crippen LogP contribution in [0.2, 0.25) is 0 Å². The molecule has 0 fully saturated rings. The van der Waals surface area contributed by atoms with Gasteiger partial charge in [-0.1, -0.05) is 0 Å². The molecule has 1 N–H and O–H groups in total. The Morgan fingerprint density at radius 1 is 1.30 bits per heavy atom. The van der Waals surface area contributed by atoms with Crippen molar-refractivity contribution in [3.63, 3.8) is 0 Å². The highest BCUT2D eigenvalue weighted by atomic mass is 35.5. The second-order valence-electron chi connectivity index (χ2n) is 4.77. The van der Waals surface area contributed by atoms with Crippen molar-refractivity contribution in [1.82, 2.24) is 24.9 Å². The van der Waals surface area contributed by atoms with Gasteiger partial charge in [0.25, 0.3) is 0 Å². The number of nitrogens with zero attached hydrogens (tertiary/aromatic N) is 4. The third kappa shape index (κ3) is 4.31. The standard InChI is InChI=1S/C13H20FN5.ClH/c1-11(2)19-13(3-5-16-19)9-15-7-12-8-17-18(10-12)6-4-14;/h3,5,8,10-11,15H,4,6-7,9H2,1-2H3;1H. The van der Waals surface area contributed by atoms with Gasteiger partial charge in [-0.15, -0.1) is 12.4 Å². The Hall–Kier alpha value is -1.40. The van der Waals surface area contributed by atoms with E-state index in [-0.39, 0.29) is 19.1 Å². The summed E-state index contributed by atoms with van der Waals surface area (Å²) in [5.74, 6) is 0. The second-order valence-corrected chi connectivity index (χ2v) is 4.77. The Morgan fingerprint density at radius 2 is 2.10 bits per heavy atom. The first-order valence-corrected chi connectivity index (χ1v) is 6.51. The van der Waals surface area contributed by atoms with E-state index >= 15 is 0 Å². The molecule has 0 saturated heterocycles. The molecule has 2 aromatic heterocycles. The van der Waals surface area contributed by atoms with Crippen LogP contribution in [0.15, 0.2) is 24.7 Å². The predicted octanol–water partition coefficient (Wildman–Crippen LogP) is 2.34. The van der Waals surface area contributed by atoms with Crippen LogP contribution in [-0.2, 0) is 19.6 Å². The van der Waals surface area contributed by atoms with E-state index in [2.05, 4.69) is 29.4 Å². The zero-order chi connectivity index (χ0) is 13.7. The molecule has 0 aliphatic carbocycles. The highest BCUT2D eigenvalue weighted by Crippen LogP contribution is 2.07. The average Bonchev–Trinajstić information content (AvgIpc) is 2.99. The number of alkyl halides is 1. The fourth-order valence-electron chi connectivity index (χ4n) is 1.99. The first-order valence-electron chi connectivity index (χ1n) is 6.51. The van der Waals surface area contributed by atoms with E-state index in [0.29, 0.717) is 12.6 Å². The van der Waals surface area contributed by atoms with Crippen LogP contribution in [0, 0.1) is 0 Å². The smallest absolute Gasteiger partial charge is 0.109 e. The first kappa shape index (κ1) is 16.7. The zero-order valence-electron chi connectivity index (χ0n) is 11.8. The summed E-state index contributed by atoms with van der Waals surface area (Å²) >= 11 is 0. The topological polar surface area (TPSA) is 47.7 Å². The van der Waals surface area contributed by atoms with E-state index in [1.807, 2.05) is 23.1 Å². The summed E-state index contributed by atoms with van der Waals surface area (Å²) in [6.07, 6.45) is 5.45. The Morgan fingerprint density at radius 3 is 2.80 bits per heavy atom. The summed E-state index contributed by atoms with van der Waals surface area (Å²) < 4.78 is 15.8. The van der Waals surface area contributed by atoms with E-state index in [9.17, 15) is 4.39 Å². The van der Waals surface area contributed by atoms with Crippen LogP contribution in [-0.4, -0.2) is 26.2 Å². The summed E-state index contributed by atoms with van der Waals surface area (Å²) in [6, 6.07) is 2.37. The number of aryl methyl sites for hydroxylation is 1. The molecular weight excluding hydrogens is 281 g/mol. The van der Waals surface area contributed by atoms with E-state index in [1.165, 1.54) is 0 Å². The molecule has 2 aromatic rings. The molecule has 0 unspecified atom stereocenters. The molecule has 7 heteroatoms. The third-order valence-corrected chi connectivity index (χ3v) is 2.88. The van der Waals surface area contributed by atoms with Gasteiger partial charge in [0.15, 0.2) is 0 Å². The van der Waals surface area contributed by atoms with E-state index < -0.39 is 0 Å². The maximum atomic E-state index is 12.2. The number of halogens is 2. The second kappa shape index (κ2) is 8.01. The molecule has 0 amide bonds. The van der Waals surface area contributed by atoms with Crippen LogP contribution >= 0.6 is 12.4 Å². The quantitative estimate of drug-likeness (QED) is 0.854. The van der Waals surface area contributed by atoms with Crippen LogP contribution in [0.4, 0.5) is 4.39 Å². The molecule has 2 rings (SSSR count). The molecule has 0 aromatic carbocycles. The van der Waals surface area contributed by atoms with Crippen molar-refractivity contribution in [3.05, 3.63) is 35.9 Å². The van der Waals surface area contributed by atoms with Crippen molar-refractivity contribution >= 4 is 12.4 Å². The molecular formula is C13H21ClFN5. The first-order chi connectivity index (χ1) is 9.20. The van der Waals surface area contributed by atoms with Crippen LogP contribution in [0.1, 0.15) is 31.1 Å². The van der Waals surface area contributed by atoms with Crippen LogP contribution in [0.25, 0.3) is 0 Å². The SMILES string of the molecule is CC(C)n1nccc1CNCc1cnn(CCF)c1.Cl. The van der Waals surface area contributed by atoms with Crippen molar-refractivity contribution in [2.45, 2.75) is 39.5 Å². The molecule has 2 heterocycles. The molecule has 5 nitrogen and oxygen atoms in total. The van der Waals surface area contributed by atoms with Crippen LogP contribution < -0.4 is 5.32 Å². The minimum atomic E-state index is -0.387. The molecule has 0 bridgehead atoms. The average molecular weight is 302 g/mol. The summed E-state index contributed by atoms with van der Waals surface area (Å²) in [5.41, 5.74) is 2.22. The van der Waals surface area contributed by atoms with Gasteiger partial charge in [0, 0.05) is 37.1 Å². The molecule has 0 radical (unpaired) electrons. The number of hydrogen-bond donors (Lipinski definition) is 1. The van der Waals surface area contributed by atoms with Gasteiger partial charge >= 0.3 is 0 Å². The number of rotatable bonds is 7. The summed E-state index contributed by atoms with van der Waals surface area (Å²) in [7, 11) is 0. The van der Waals surface area contributed by atoms with Crippen molar-refractivity contribution in [3.8, 4) is 0 Å². The largest absolute Gasteiger partial charge is 0.307 e. The molecule has 112 valence electrons.